The molecule has 0 radical (unpaired) electrons. The molecule has 2 saturated heterocycles. The summed E-state index contributed by atoms with van der Waals surface area (Å²) < 4.78 is 0. The summed E-state index contributed by atoms with van der Waals surface area (Å²) in [5, 5.41) is 3.30. The van der Waals surface area contributed by atoms with Gasteiger partial charge in [-0.15, -0.1) is 0 Å². The summed E-state index contributed by atoms with van der Waals surface area (Å²) in [6, 6.07) is 0.714. The molecule has 2 unspecified atom stereocenters. The number of hydrogen-bond donors (Lipinski definition) is 1. The molecule has 1 N–H and O–H groups in total. The highest BCUT2D eigenvalue weighted by atomic mass is 16.2. The summed E-state index contributed by atoms with van der Waals surface area (Å²) in [6.45, 7) is 5.51. The van der Waals surface area contributed by atoms with Gasteiger partial charge < -0.3 is 10.2 Å². The van der Waals surface area contributed by atoms with Crippen LogP contribution in [0.3, 0.4) is 0 Å². The molecule has 1 aliphatic carbocycles. The molecule has 0 spiro atoms. The maximum atomic E-state index is 12.3. The molecule has 2 aliphatic heterocycles. The third kappa shape index (κ3) is 2.54. The first-order valence-electron chi connectivity index (χ1n) is 7.57. The monoisotopic (exact) mass is 251 g/mol. The number of hydrogen-bond acceptors (Lipinski definition) is 3. The van der Waals surface area contributed by atoms with Crippen molar-refractivity contribution in [2.75, 3.05) is 39.3 Å². The van der Waals surface area contributed by atoms with Gasteiger partial charge in [-0.25, -0.2) is 0 Å². The normalized spacial score (nSPS) is 33.4. The highest BCUT2D eigenvalue weighted by molar-refractivity contribution is 5.78. The second kappa shape index (κ2) is 5.57. The van der Waals surface area contributed by atoms with Gasteiger partial charge in [0.2, 0.25) is 5.91 Å². The van der Waals surface area contributed by atoms with E-state index in [0.717, 1.165) is 38.6 Å². The van der Waals surface area contributed by atoms with Crippen molar-refractivity contribution < 1.29 is 4.79 Å². The summed E-state index contributed by atoms with van der Waals surface area (Å²) in [4.78, 5) is 16.8. The van der Waals surface area contributed by atoms with Crippen molar-refractivity contribution in [3.63, 3.8) is 0 Å². The van der Waals surface area contributed by atoms with Crippen molar-refractivity contribution in [3.05, 3.63) is 0 Å². The van der Waals surface area contributed by atoms with Gasteiger partial charge in [-0.1, -0.05) is 12.8 Å². The molecular weight excluding hydrogens is 226 g/mol. The van der Waals surface area contributed by atoms with E-state index in [1.54, 1.807) is 0 Å². The van der Waals surface area contributed by atoms with Crippen LogP contribution in [0.2, 0.25) is 0 Å². The van der Waals surface area contributed by atoms with E-state index in [-0.39, 0.29) is 0 Å². The van der Waals surface area contributed by atoms with Crippen LogP contribution in [0.25, 0.3) is 0 Å². The van der Waals surface area contributed by atoms with Crippen LogP contribution < -0.4 is 5.32 Å². The van der Waals surface area contributed by atoms with E-state index in [9.17, 15) is 4.79 Å². The summed E-state index contributed by atoms with van der Waals surface area (Å²) in [5.41, 5.74) is 0. The Labute approximate surface area is 110 Å². The molecule has 0 aromatic rings. The average molecular weight is 251 g/mol. The van der Waals surface area contributed by atoms with E-state index in [4.69, 9.17) is 0 Å². The standard InChI is InChI=1S/C14H25N3O/c18-14(16-9-6-15-7-10-16)11-17-8-5-12-3-1-2-4-13(12)17/h12-13,15H,1-11H2. The molecule has 2 atom stereocenters. The molecule has 4 nitrogen and oxygen atoms in total. The lowest BCUT2D eigenvalue weighted by molar-refractivity contribution is -0.133. The minimum Gasteiger partial charge on any atom is -0.339 e. The lowest BCUT2D eigenvalue weighted by atomic mass is 9.85. The van der Waals surface area contributed by atoms with Crippen LogP contribution in [0, 0.1) is 5.92 Å². The Kier molecular flexibility index (Phi) is 3.85. The van der Waals surface area contributed by atoms with E-state index >= 15 is 0 Å². The van der Waals surface area contributed by atoms with Gasteiger partial charge in [-0.05, 0) is 31.7 Å². The fourth-order valence-electron chi connectivity index (χ4n) is 3.89. The number of fused-ring (bicyclic) bond motifs is 1. The van der Waals surface area contributed by atoms with E-state index in [2.05, 4.69) is 10.2 Å². The van der Waals surface area contributed by atoms with Crippen LogP contribution in [-0.4, -0.2) is 61.0 Å². The van der Waals surface area contributed by atoms with Crippen LogP contribution in [-0.2, 0) is 4.79 Å². The van der Waals surface area contributed by atoms with E-state index in [0.29, 0.717) is 18.5 Å². The summed E-state index contributed by atoms with van der Waals surface area (Å²) in [7, 11) is 0. The highest BCUT2D eigenvalue weighted by Crippen LogP contribution is 2.35. The van der Waals surface area contributed by atoms with E-state index < -0.39 is 0 Å². The molecule has 1 amide bonds. The third-order valence-corrected chi connectivity index (χ3v) is 4.93. The van der Waals surface area contributed by atoms with Crippen molar-refractivity contribution in [2.24, 2.45) is 5.92 Å². The van der Waals surface area contributed by atoms with E-state index in [1.807, 2.05) is 4.90 Å². The average Bonchev–Trinajstić information content (AvgIpc) is 2.83. The summed E-state index contributed by atoms with van der Waals surface area (Å²) in [6.07, 6.45) is 6.79. The van der Waals surface area contributed by atoms with E-state index in [1.165, 1.54) is 32.1 Å². The number of carbonyl (C=O) groups excluding carboxylic acids is 1. The fourth-order valence-corrected chi connectivity index (χ4v) is 3.89. The molecular formula is C14H25N3O. The quantitative estimate of drug-likeness (QED) is 0.784. The zero-order chi connectivity index (χ0) is 12.4. The van der Waals surface area contributed by atoms with Crippen LogP contribution >= 0.6 is 0 Å². The molecule has 3 fully saturated rings. The van der Waals surface area contributed by atoms with Gasteiger partial charge in [0.05, 0.1) is 6.54 Å². The minimum atomic E-state index is 0.350. The molecule has 3 rings (SSSR count). The molecule has 102 valence electrons. The highest BCUT2D eigenvalue weighted by Gasteiger charge is 2.36. The zero-order valence-corrected chi connectivity index (χ0v) is 11.2. The lowest BCUT2D eigenvalue weighted by Crippen LogP contribution is -2.50. The number of amides is 1. The van der Waals surface area contributed by atoms with Crippen LogP contribution in [0.4, 0.5) is 0 Å². The van der Waals surface area contributed by atoms with Gasteiger partial charge in [0.25, 0.3) is 0 Å². The predicted octanol–water partition coefficient (Wildman–Crippen LogP) is 0.683. The Morgan fingerprint density at radius 2 is 1.83 bits per heavy atom. The predicted molar refractivity (Wildman–Crippen MR) is 71.4 cm³/mol. The van der Waals surface area contributed by atoms with Crippen molar-refractivity contribution >= 4 is 5.91 Å². The van der Waals surface area contributed by atoms with Gasteiger partial charge in [0.15, 0.2) is 0 Å². The van der Waals surface area contributed by atoms with Crippen LogP contribution in [0.1, 0.15) is 32.1 Å². The van der Waals surface area contributed by atoms with Crippen molar-refractivity contribution in [2.45, 2.75) is 38.1 Å². The molecule has 4 heteroatoms. The first-order chi connectivity index (χ1) is 8.84. The number of likely N-dealkylation sites (tertiary alicyclic amines) is 1. The Morgan fingerprint density at radius 3 is 2.67 bits per heavy atom. The smallest absolute Gasteiger partial charge is 0.236 e. The van der Waals surface area contributed by atoms with Crippen molar-refractivity contribution in [3.8, 4) is 0 Å². The Balaban J connectivity index is 1.54. The molecule has 0 aromatic carbocycles. The van der Waals surface area contributed by atoms with Gasteiger partial charge in [0.1, 0.15) is 0 Å². The number of piperazine rings is 1. The van der Waals surface area contributed by atoms with Gasteiger partial charge in [0, 0.05) is 32.2 Å². The Hall–Kier alpha value is -0.610. The van der Waals surface area contributed by atoms with Crippen LogP contribution in [0.15, 0.2) is 0 Å². The topological polar surface area (TPSA) is 35.6 Å². The largest absolute Gasteiger partial charge is 0.339 e. The molecule has 3 aliphatic rings. The van der Waals surface area contributed by atoms with Crippen molar-refractivity contribution in [1.29, 1.82) is 0 Å². The van der Waals surface area contributed by atoms with Gasteiger partial charge in [-0.3, -0.25) is 9.69 Å². The lowest BCUT2D eigenvalue weighted by Gasteiger charge is -2.34. The minimum absolute atomic E-state index is 0.350. The second-order valence-corrected chi connectivity index (χ2v) is 6.00. The third-order valence-electron chi connectivity index (χ3n) is 4.93. The summed E-state index contributed by atoms with van der Waals surface area (Å²) in [5.74, 6) is 1.23. The van der Waals surface area contributed by atoms with Crippen molar-refractivity contribution in [1.82, 2.24) is 15.1 Å². The maximum absolute atomic E-state index is 12.3. The summed E-state index contributed by atoms with van der Waals surface area (Å²) >= 11 is 0. The van der Waals surface area contributed by atoms with Crippen LogP contribution in [0.5, 0.6) is 0 Å². The first kappa shape index (κ1) is 12.4. The number of rotatable bonds is 2. The Morgan fingerprint density at radius 1 is 1.06 bits per heavy atom. The molecule has 0 aromatic heterocycles. The SMILES string of the molecule is O=C(CN1CCC2CCCCC21)N1CCNCC1. The van der Waals surface area contributed by atoms with Gasteiger partial charge >= 0.3 is 0 Å². The maximum Gasteiger partial charge on any atom is 0.236 e. The molecule has 0 bridgehead atoms. The zero-order valence-electron chi connectivity index (χ0n) is 11.2. The molecule has 18 heavy (non-hydrogen) atoms. The number of nitrogens with one attached hydrogen (secondary N) is 1. The van der Waals surface area contributed by atoms with Gasteiger partial charge in [-0.2, -0.15) is 0 Å². The fraction of sp³-hybridized carbons (Fsp3) is 0.929. The second-order valence-electron chi connectivity index (χ2n) is 6.00. The first-order valence-corrected chi connectivity index (χ1v) is 7.57. The molecule has 1 saturated carbocycles. The Bertz CT molecular complexity index is 301. The molecule has 2 heterocycles. The number of carbonyl (C=O) groups is 1. The number of nitrogens with zero attached hydrogens (tertiary/aromatic N) is 2.